The van der Waals surface area contributed by atoms with Crippen LogP contribution in [0.5, 0.6) is 0 Å². The minimum absolute atomic E-state index is 0.0483. The molecule has 1 aromatic heterocycles. The second kappa shape index (κ2) is 8.63. The van der Waals surface area contributed by atoms with Crippen LogP contribution in [0.4, 0.5) is 0 Å². The summed E-state index contributed by atoms with van der Waals surface area (Å²) in [5.74, 6) is -1.49. The molecule has 8 nitrogen and oxygen atoms in total. The van der Waals surface area contributed by atoms with Gasteiger partial charge in [-0.1, -0.05) is 30.3 Å². The molecular weight excluding hydrogens is 360 g/mol. The number of hydrogen-bond acceptors (Lipinski definition) is 5. The van der Waals surface area contributed by atoms with Crippen LogP contribution in [0.25, 0.3) is 0 Å². The van der Waals surface area contributed by atoms with Crippen LogP contribution < -0.4 is 10.0 Å². The fourth-order valence-corrected chi connectivity index (χ4v) is 3.03. The van der Waals surface area contributed by atoms with Gasteiger partial charge >= 0.3 is 5.97 Å². The quantitative estimate of drug-likeness (QED) is 0.604. The van der Waals surface area contributed by atoms with Crippen molar-refractivity contribution in [3.8, 4) is 0 Å². The van der Waals surface area contributed by atoms with Crippen LogP contribution in [0.2, 0.25) is 0 Å². The Kier molecular flexibility index (Phi) is 6.53. The molecule has 3 N–H and O–H groups in total. The summed E-state index contributed by atoms with van der Waals surface area (Å²) in [5, 5.41) is 11.3. The Balaban J connectivity index is 2.11. The molecule has 0 bridgehead atoms. The van der Waals surface area contributed by atoms with Gasteiger partial charge in [0.2, 0.25) is 5.09 Å². The van der Waals surface area contributed by atoms with Crippen molar-refractivity contribution < 1.29 is 27.5 Å². The molecule has 0 aliphatic carbocycles. The van der Waals surface area contributed by atoms with Crippen LogP contribution in [-0.4, -0.2) is 38.5 Å². The third-order valence-electron chi connectivity index (χ3n) is 3.74. The van der Waals surface area contributed by atoms with Crippen molar-refractivity contribution in [3.63, 3.8) is 0 Å². The maximum atomic E-state index is 12.4. The van der Waals surface area contributed by atoms with Gasteiger partial charge in [-0.25, -0.2) is 13.1 Å². The van der Waals surface area contributed by atoms with Gasteiger partial charge in [0.25, 0.3) is 15.9 Å². The summed E-state index contributed by atoms with van der Waals surface area (Å²) in [4.78, 5) is 23.2. The standard InChI is InChI=1S/C17H20N2O6S/c1-18-26(23,24)16-10-13(11-25-16)17(22)19-14(7-8-15(20)21)9-12-5-3-2-4-6-12/h2-6,10-11,14,18H,7-9H2,1H3,(H,19,22)(H,20,21). The van der Waals surface area contributed by atoms with Crippen LogP contribution in [0.3, 0.4) is 0 Å². The van der Waals surface area contributed by atoms with Crippen molar-refractivity contribution in [2.75, 3.05) is 7.05 Å². The van der Waals surface area contributed by atoms with Crippen molar-refractivity contribution >= 4 is 21.9 Å². The zero-order valence-electron chi connectivity index (χ0n) is 14.1. The van der Waals surface area contributed by atoms with Crippen molar-refractivity contribution in [2.45, 2.75) is 30.4 Å². The van der Waals surface area contributed by atoms with Crippen molar-refractivity contribution in [1.82, 2.24) is 10.0 Å². The Morgan fingerprint density at radius 3 is 2.54 bits per heavy atom. The number of carbonyl (C=O) groups excluding carboxylic acids is 1. The first-order valence-electron chi connectivity index (χ1n) is 7.90. The zero-order valence-corrected chi connectivity index (χ0v) is 15.0. The largest absolute Gasteiger partial charge is 0.481 e. The monoisotopic (exact) mass is 380 g/mol. The van der Waals surface area contributed by atoms with E-state index < -0.39 is 27.9 Å². The van der Waals surface area contributed by atoms with Crippen LogP contribution in [-0.2, 0) is 21.2 Å². The summed E-state index contributed by atoms with van der Waals surface area (Å²) in [6, 6.07) is 10.1. The number of furan rings is 1. The maximum absolute atomic E-state index is 12.4. The number of benzene rings is 1. The van der Waals surface area contributed by atoms with Crippen LogP contribution in [0, 0.1) is 0 Å². The van der Waals surface area contributed by atoms with E-state index in [1.54, 1.807) is 0 Å². The SMILES string of the molecule is CNS(=O)(=O)c1cc(C(=O)NC(CCC(=O)O)Cc2ccccc2)co1. The first-order chi connectivity index (χ1) is 12.3. The lowest BCUT2D eigenvalue weighted by Crippen LogP contribution is -2.36. The Morgan fingerprint density at radius 1 is 1.23 bits per heavy atom. The van der Waals surface area contributed by atoms with E-state index in [0.717, 1.165) is 17.9 Å². The lowest BCUT2D eigenvalue weighted by Gasteiger charge is -2.17. The number of rotatable bonds is 9. The lowest BCUT2D eigenvalue weighted by molar-refractivity contribution is -0.137. The molecular formula is C17H20N2O6S. The van der Waals surface area contributed by atoms with E-state index in [4.69, 9.17) is 9.52 Å². The normalized spacial score (nSPS) is 12.5. The van der Waals surface area contributed by atoms with E-state index in [2.05, 4.69) is 10.0 Å². The smallest absolute Gasteiger partial charge is 0.303 e. The van der Waals surface area contributed by atoms with E-state index in [1.807, 2.05) is 30.3 Å². The number of carboxylic acid groups (broad SMARTS) is 1. The van der Waals surface area contributed by atoms with Crippen molar-refractivity contribution in [1.29, 1.82) is 0 Å². The summed E-state index contributed by atoms with van der Waals surface area (Å²) < 4.78 is 30.4. The number of hydrogen-bond donors (Lipinski definition) is 3. The molecule has 2 aromatic rings. The summed E-state index contributed by atoms with van der Waals surface area (Å²) in [5.41, 5.74) is 1.00. The number of carboxylic acids is 1. The van der Waals surface area contributed by atoms with Crippen LogP contribution in [0.1, 0.15) is 28.8 Å². The van der Waals surface area contributed by atoms with Gasteiger partial charge in [-0.3, -0.25) is 9.59 Å². The molecule has 0 spiro atoms. The molecule has 0 aliphatic rings. The van der Waals surface area contributed by atoms with Gasteiger partial charge in [-0.2, -0.15) is 0 Å². The minimum Gasteiger partial charge on any atom is -0.481 e. The third-order valence-corrected chi connectivity index (χ3v) is 5.02. The number of amides is 1. The molecule has 0 saturated heterocycles. The van der Waals surface area contributed by atoms with Crippen LogP contribution >= 0.6 is 0 Å². The molecule has 1 unspecified atom stereocenters. The average molecular weight is 380 g/mol. The van der Waals surface area contributed by atoms with Crippen LogP contribution in [0.15, 0.2) is 52.2 Å². The predicted molar refractivity (Wildman–Crippen MR) is 93.2 cm³/mol. The molecule has 1 amide bonds. The van der Waals surface area contributed by atoms with Gasteiger partial charge in [0.05, 0.1) is 5.56 Å². The third kappa shape index (κ3) is 5.43. The molecule has 0 saturated carbocycles. The summed E-state index contributed by atoms with van der Waals surface area (Å²) in [6.07, 6.45) is 1.66. The highest BCUT2D eigenvalue weighted by molar-refractivity contribution is 7.89. The molecule has 9 heteroatoms. The first kappa shape index (κ1) is 19.7. The van der Waals surface area contributed by atoms with E-state index in [1.165, 1.54) is 7.05 Å². The fraction of sp³-hybridized carbons (Fsp3) is 0.294. The minimum atomic E-state index is -3.78. The summed E-state index contributed by atoms with van der Waals surface area (Å²) in [6.45, 7) is 0. The van der Waals surface area contributed by atoms with Crippen molar-refractivity contribution in [2.24, 2.45) is 0 Å². The Hall–Kier alpha value is -2.65. The average Bonchev–Trinajstić information content (AvgIpc) is 3.11. The van der Waals surface area contributed by atoms with Gasteiger partial charge in [-0.15, -0.1) is 0 Å². The number of sulfonamides is 1. The van der Waals surface area contributed by atoms with Gasteiger partial charge in [-0.05, 0) is 25.5 Å². The molecule has 1 aromatic carbocycles. The summed E-state index contributed by atoms with van der Waals surface area (Å²) in [7, 11) is -2.55. The first-order valence-corrected chi connectivity index (χ1v) is 9.39. The summed E-state index contributed by atoms with van der Waals surface area (Å²) >= 11 is 0. The molecule has 0 radical (unpaired) electrons. The molecule has 140 valence electrons. The molecule has 2 rings (SSSR count). The molecule has 0 aliphatic heterocycles. The highest BCUT2D eigenvalue weighted by Crippen LogP contribution is 2.15. The highest BCUT2D eigenvalue weighted by atomic mass is 32.2. The Bertz CT molecular complexity index is 860. The maximum Gasteiger partial charge on any atom is 0.303 e. The second-order valence-electron chi connectivity index (χ2n) is 5.65. The lowest BCUT2D eigenvalue weighted by atomic mass is 10.0. The van der Waals surface area contributed by atoms with E-state index >= 15 is 0 Å². The predicted octanol–water partition coefficient (Wildman–Crippen LogP) is 1.39. The molecule has 1 heterocycles. The Labute approximate surface area is 151 Å². The van der Waals surface area contributed by atoms with Crippen molar-refractivity contribution in [3.05, 3.63) is 53.8 Å². The molecule has 26 heavy (non-hydrogen) atoms. The highest BCUT2D eigenvalue weighted by Gasteiger charge is 2.21. The van der Waals surface area contributed by atoms with Gasteiger partial charge < -0.3 is 14.8 Å². The zero-order chi connectivity index (χ0) is 19.2. The van der Waals surface area contributed by atoms with E-state index in [9.17, 15) is 18.0 Å². The topological polar surface area (TPSA) is 126 Å². The van der Waals surface area contributed by atoms with E-state index in [-0.39, 0.29) is 23.5 Å². The fourth-order valence-electron chi connectivity index (χ4n) is 2.37. The van der Waals surface area contributed by atoms with Gasteiger partial charge in [0.15, 0.2) is 0 Å². The molecule has 0 fully saturated rings. The number of nitrogens with one attached hydrogen (secondary N) is 2. The molecule has 1 atom stereocenters. The van der Waals surface area contributed by atoms with Gasteiger partial charge in [0, 0.05) is 18.5 Å². The van der Waals surface area contributed by atoms with E-state index in [0.29, 0.717) is 6.42 Å². The number of aliphatic carboxylic acids is 1. The Morgan fingerprint density at radius 2 is 1.92 bits per heavy atom. The van der Waals surface area contributed by atoms with Gasteiger partial charge in [0.1, 0.15) is 6.26 Å². The number of carbonyl (C=O) groups is 2. The second-order valence-corrected chi connectivity index (χ2v) is 7.47.